The highest BCUT2D eigenvalue weighted by atomic mass is 32.1. The van der Waals surface area contributed by atoms with E-state index >= 15 is 0 Å². The first-order chi connectivity index (χ1) is 8.63. The van der Waals surface area contributed by atoms with Crippen molar-refractivity contribution in [3.8, 4) is 5.75 Å². The van der Waals surface area contributed by atoms with Crippen LogP contribution in [0.4, 0.5) is 5.69 Å². The number of rotatable bonds is 3. The summed E-state index contributed by atoms with van der Waals surface area (Å²) in [7, 11) is 3.98. The lowest BCUT2D eigenvalue weighted by molar-refractivity contribution is 0.570. The maximum atomic E-state index is 5.64. The fraction of sp³-hybridized carbons (Fsp3) is 0.133. The summed E-state index contributed by atoms with van der Waals surface area (Å²) < 4.78 is 5.64. The second-order valence-electron chi connectivity index (χ2n) is 4.15. The molecule has 2 aromatic rings. The molecule has 18 heavy (non-hydrogen) atoms. The molecule has 0 aliphatic carbocycles. The van der Waals surface area contributed by atoms with Crippen molar-refractivity contribution in [2.24, 2.45) is 0 Å². The molecule has 0 amide bonds. The van der Waals surface area contributed by atoms with Gasteiger partial charge in [0.25, 0.3) is 0 Å². The molecule has 2 rings (SSSR count). The molecule has 92 valence electrons. The summed E-state index contributed by atoms with van der Waals surface area (Å²) in [5, 5.41) is 2.71. The number of thiocarbonyl (C=S) groups is 1. The Bertz CT molecular complexity index is 604. The molecule has 2 aromatic carbocycles. The predicted molar refractivity (Wildman–Crippen MR) is 81.7 cm³/mol. The highest BCUT2D eigenvalue weighted by molar-refractivity contribution is 7.80. The highest BCUT2D eigenvalue weighted by Gasteiger charge is 2.11. The molecule has 0 heterocycles. The molecule has 0 radical (unpaired) electrons. The Labute approximate surface area is 112 Å². The SMILES string of the molecule is C=CC(=S)Oc1ccc2ccccc2c1N(C)C. The van der Waals surface area contributed by atoms with Gasteiger partial charge in [-0.25, -0.2) is 0 Å². The Balaban J connectivity index is 2.62. The Morgan fingerprint density at radius 1 is 1.22 bits per heavy atom. The molecular weight excluding hydrogens is 242 g/mol. The summed E-state index contributed by atoms with van der Waals surface area (Å²) in [6.07, 6.45) is 1.53. The maximum absolute atomic E-state index is 5.64. The van der Waals surface area contributed by atoms with Crippen LogP contribution in [0.25, 0.3) is 10.8 Å². The Hall–Kier alpha value is -1.87. The molecular formula is C15H15NOS. The summed E-state index contributed by atoms with van der Waals surface area (Å²) in [5.74, 6) is 0.753. The van der Waals surface area contributed by atoms with Crippen molar-refractivity contribution < 1.29 is 4.74 Å². The number of benzene rings is 2. The summed E-state index contributed by atoms with van der Waals surface area (Å²) >= 11 is 5.05. The lowest BCUT2D eigenvalue weighted by Crippen LogP contribution is -2.12. The number of fused-ring (bicyclic) bond motifs is 1. The molecule has 0 spiro atoms. The molecule has 0 aliphatic heterocycles. The van der Waals surface area contributed by atoms with Crippen LogP contribution in [0.5, 0.6) is 5.75 Å². The van der Waals surface area contributed by atoms with E-state index in [9.17, 15) is 0 Å². The zero-order valence-corrected chi connectivity index (χ0v) is 11.3. The van der Waals surface area contributed by atoms with Crippen LogP contribution >= 0.6 is 12.2 Å². The molecule has 2 nitrogen and oxygen atoms in total. The average Bonchev–Trinajstić information content (AvgIpc) is 2.37. The largest absolute Gasteiger partial charge is 0.444 e. The van der Waals surface area contributed by atoms with Crippen molar-refractivity contribution >= 4 is 33.7 Å². The molecule has 0 fully saturated rings. The second kappa shape index (κ2) is 5.19. The quantitative estimate of drug-likeness (QED) is 0.613. The van der Waals surface area contributed by atoms with E-state index in [4.69, 9.17) is 17.0 Å². The highest BCUT2D eigenvalue weighted by Crippen LogP contribution is 2.35. The van der Waals surface area contributed by atoms with Gasteiger partial charge in [0.05, 0.1) is 5.69 Å². The van der Waals surface area contributed by atoms with Crippen LogP contribution in [0.2, 0.25) is 0 Å². The smallest absolute Gasteiger partial charge is 0.190 e. The lowest BCUT2D eigenvalue weighted by atomic mass is 10.1. The van der Waals surface area contributed by atoms with Gasteiger partial charge in [-0.2, -0.15) is 0 Å². The van der Waals surface area contributed by atoms with E-state index in [1.54, 1.807) is 0 Å². The minimum atomic E-state index is 0.383. The fourth-order valence-electron chi connectivity index (χ4n) is 1.93. The van der Waals surface area contributed by atoms with E-state index in [2.05, 4.69) is 18.7 Å². The van der Waals surface area contributed by atoms with Crippen molar-refractivity contribution in [1.82, 2.24) is 0 Å². The van der Waals surface area contributed by atoms with E-state index in [0.29, 0.717) is 5.05 Å². The predicted octanol–water partition coefficient (Wildman–Crippen LogP) is 3.80. The van der Waals surface area contributed by atoms with Crippen LogP contribution < -0.4 is 9.64 Å². The molecule has 0 aliphatic rings. The van der Waals surface area contributed by atoms with Gasteiger partial charge in [0.15, 0.2) is 10.8 Å². The summed E-state index contributed by atoms with van der Waals surface area (Å²) in [4.78, 5) is 2.03. The second-order valence-corrected chi connectivity index (χ2v) is 4.56. The zero-order valence-electron chi connectivity index (χ0n) is 10.5. The monoisotopic (exact) mass is 257 g/mol. The van der Waals surface area contributed by atoms with Gasteiger partial charge in [-0.15, -0.1) is 0 Å². The summed E-state index contributed by atoms with van der Waals surface area (Å²) in [6.45, 7) is 3.61. The number of ether oxygens (including phenoxy) is 1. The Kier molecular flexibility index (Phi) is 3.63. The van der Waals surface area contributed by atoms with Crippen LogP contribution in [-0.2, 0) is 0 Å². The zero-order chi connectivity index (χ0) is 13.1. The number of hydrogen-bond acceptors (Lipinski definition) is 3. The molecule has 0 atom stereocenters. The first-order valence-corrected chi connectivity index (χ1v) is 6.07. The lowest BCUT2D eigenvalue weighted by Gasteiger charge is -2.19. The molecule has 0 saturated carbocycles. The third kappa shape index (κ3) is 2.36. The molecule has 0 N–H and O–H groups in total. The van der Waals surface area contributed by atoms with Gasteiger partial charge in [0.2, 0.25) is 0 Å². The molecule has 0 bridgehead atoms. The van der Waals surface area contributed by atoms with Crippen LogP contribution in [0.1, 0.15) is 0 Å². The van der Waals surface area contributed by atoms with Crippen molar-refractivity contribution in [3.63, 3.8) is 0 Å². The van der Waals surface area contributed by atoms with Gasteiger partial charge in [0.1, 0.15) is 0 Å². The minimum Gasteiger partial charge on any atom is -0.444 e. The van der Waals surface area contributed by atoms with Gasteiger partial charge in [-0.1, -0.05) is 36.9 Å². The van der Waals surface area contributed by atoms with Crippen LogP contribution in [0.15, 0.2) is 49.1 Å². The van der Waals surface area contributed by atoms with E-state index in [1.807, 2.05) is 43.3 Å². The molecule has 3 heteroatoms. The van der Waals surface area contributed by atoms with Gasteiger partial charge < -0.3 is 9.64 Å². The van der Waals surface area contributed by atoms with Crippen LogP contribution in [0, 0.1) is 0 Å². The van der Waals surface area contributed by atoms with Gasteiger partial charge in [-0.05, 0) is 29.7 Å². The average molecular weight is 257 g/mol. The first-order valence-electron chi connectivity index (χ1n) is 5.67. The first kappa shape index (κ1) is 12.6. The van der Waals surface area contributed by atoms with Crippen molar-refractivity contribution in [1.29, 1.82) is 0 Å². The molecule has 0 aromatic heterocycles. The van der Waals surface area contributed by atoms with Crippen molar-refractivity contribution in [2.45, 2.75) is 0 Å². The maximum Gasteiger partial charge on any atom is 0.190 e. The van der Waals surface area contributed by atoms with Gasteiger partial charge >= 0.3 is 0 Å². The Morgan fingerprint density at radius 3 is 2.61 bits per heavy atom. The van der Waals surface area contributed by atoms with Crippen molar-refractivity contribution in [3.05, 3.63) is 49.1 Å². The van der Waals surface area contributed by atoms with Crippen LogP contribution in [0.3, 0.4) is 0 Å². The normalized spacial score (nSPS) is 10.1. The van der Waals surface area contributed by atoms with E-state index in [0.717, 1.165) is 16.8 Å². The Morgan fingerprint density at radius 2 is 1.94 bits per heavy atom. The van der Waals surface area contributed by atoms with E-state index < -0.39 is 0 Å². The van der Waals surface area contributed by atoms with E-state index in [1.165, 1.54) is 11.5 Å². The standard InChI is InChI=1S/C15H15NOS/c1-4-14(18)17-13-10-9-11-7-5-6-8-12(11)15(13)16(2)3/h4-10H,1H2,2-3H3. The topological polar surface area (TPSA) is 12.5 Å². The third-order valence-electron chi connectivity index (χ3n) is 2.69. The third-order valence-corrected chi connectivity index (χ3v) is 2.94. The number of nitrogens with zero attached hydrogens (tertiary/aromatic N) is 1. The molecule has 0 unspecified atom stereocenters. The number of hydrogen-bond donors (Lipinski definition) is 0. The van der Waals surface area contributed by atoms with E-state index in [-0.39, 0.29) is 0 Å². The minimum absolute atomic E-state index is 0.383. The molecule has 0 saturated heterocycles. The summed E-state index contributed by atoms with van der Waals surface area (Å²) in [5.41, 5.74) is 1.03. The van der Waals surface area contributed by atoms with Gasteiger partial charge in [0, 0.05) is 19.5 Å². The van der Waals surface area contributed by atoms with Crippen LogP contribution in [-0.4, -0.2) is 19.1 Å². The van der Waals surface area contributed by atoms with Crippen molar-refractivity contribution in [2.75, 3.05) is 19.0 Å². The summed E-state index contributed by atoms with van der Waals surface area (Å²) in [6, 6.07) is 12.2. The number of anilines is 1. The fourth-order valence-corrected chi connectivity index (χ4v) is 2.02. The van der Waals surface area contributed by atoms with Gasteiger partial charge in [-0.3, -0.25) is 0 Å².